The molecule has 35 heavy (non-hydrogen) atoms. The lowest BCUT2D eigenvalue weighted by Gasteiger charge is -2.41. The van der Waals surface area contributed by atoms with Crippen LogP contribution in [-0.2, 0) is 11.3 Å². The third kappa shape index (κ3) is 3.85. The number of hydrogen-bond acceptors (Lipinski definition) is 5. The molecule has 0 bridgehead atoms. The van der Waals surface area contributed by atoms with E-state index in [4.69, 9.17) is 11.6 Å². The number of halogens is 3. The van der Waals surface area contributed by atoms with Gasteiger partial charge in [0.15, 0.2) is 0 Å². The molecule has 2 aromatic carbocycles. The van der Waals surface area contributed by atoms with E-state index in [0.29, 0.717) is 47.6 Å². The molecular weight excluding hydrogens is 494 g/mol. The molecule has 7 nitrogen and oxygen atoms in total. The van der Waals surface area contributed by atoms with Crippen molar-refractivity contribution in [1.82, 2.24) is 14.5 Å². The van der Waals surface area contributed by atoms with E-state index in [-0.39, 0.29) is 34.6 Å². The van der Waals surface area contributed by atoms with E-state index < -0.39 is 26.4 Å². The summed E-state index contributed by atoms with van der Waals surface area (Å²) in [7, 11) is -2.19. The maximum absolute atomic E-state index is 14.8. The zero-order valence-corrected chi connectivity index (χ0v) is 20.6. The van der Waals surface area contributed by atoms with Crippen molar-refractivity contribution in [2.45, 2.75) is 25.6 Å². The van der Waals surface area contributed by atoms with Crippen molar-refractivity contribution in [2.24, 2.45) is 0 Å². The summed E-state index contributed by atoms with van der Waals surface area (Å²) in [6.07, 6.45) is 1.27. The molecule has 11 heteroatoms. The van der Waals surface area contributed by atoms with Crippen LogP contribution in [0.1, 0.15) is 6.92 Å². The summed E-state index contributed by atoms with van der Waals surface area (Å²) >= 11 is 6.69. The summed E-state index contributed by atoms with van der Waals surface area (Å²) in [6.45, 7) is 7.04. The van der Waals surface area contributed by atoms with Gasteiger partial charge in [0.2, 0.25) is 14.9 Å². The number of aromatic nitrogens is 2. The normalized spacial score (nSPS) is 18.3. The average Bonchev–Trinajstić information content (AvgIpc) is 2.82. The predicted molar refractivity (Wildman–Crippen MR) is 132 cm³/mol. The number of nitrogens with zero attached hydrogens (tertiary/aromatic N) is 4. The number of aryl methyl sites for hydroxylation is 1. The van der Waals surface area contributed by atoms with Crippen LogP contribution in [0.3, 0.4) is 0 Å². The Morgan fingerprint density at radius 2 is 2.06 bits per heavy atom. The number of carbonyl (C=O) groups is 1. The van der Waals surface area contributed by atoms with E-state index in [1.54, 1.807) is 11.0 Å². The maximum atomic E-state index is 14.8. The first kappa shape index (κ1) is 23.6. The summed E-state index contributed by atoms with van der Waals surface area (Å²) in [6, 6.07) is 4.99. The van der Waals surface area contributed by atoms with Gasteiger partial charge in [-0.05, 0) is 37.2 Å². The molecule has 0 aliphatic carbocycles. The van der Waals surface area contributed by atoms with Gasteiger partial charge in [0, 0.05) is 65.0 Å². The highest BCUT2D eigenvalue weighted by Gasteiger charge is 2.34. The van der Waals surface area contributed by atoms with Gasteiger partial charge in [-0.3, -0.25) is 9.36 Å². The van der Waals surface area contributed by atoms with Crippen LogP contribution < -0.4 is 15.8 Å². The van der Waals surface area contributed by atoms with Crippen LogP contribution in [0.4, 0.5) is 14.6 Å². The van der Waals surface area contributed by atoms with E-state index >= 15 is 0 Å². The van der Waals surface area contributed by atoms with E-state index in [1.807, 2.05) is 11.8 Å². The number of piperazine rings is 1. The van der Waals surface area contributed by atoms with Crippen molar-refractivity contribution in [3.05, 3.63) is 64.1 Å². The maximum Gasteiger partial charge on any atom is 0.349 e. The minimum Gasteiger partial charge on any atom is -0.427 e. The van der Waals surface area contributed by atoms with Gasteiger partial charge in [0.1, 0.15) is 17.5 Å². The summed E-state index contributed by atoms with van der Waals surface area (Å²) in [5.41, 5.74) is 0.331. The van der Waals surface area contributed by atoms with E-state index in [1.165, 1.54) is 16.7 Å². The minimum atomic E-state index is -2.19. The smallest absolute Gasteiger partial charge is 0.349 e. The number of hydrogen-bond donors (Lipinski definition) is 1. The standard InChI is InChI=1S/C24H22ClF2N4O3Si/c1-3-19(32)29-6-7-30(13(2)12-29)23-16-11-17(25)20(15-5-4-14(26)10-18(15)27)22-21(16)31(24(33)28-23)8-9-35(22)34/h3-5,10-11,13,34H,1,6-9,12H2,2H3/t13-/m0/s1. The lowest BCUT2D eigenvalue weighted by Crippen LogP contribution is -2.54. The average molecular weight is 516 g/mol. The van der Waals surface area contributed by atoms with Gasteiger partial charge < -0.3 is 14.6 Å². The van der Waals surface area contributed by atoms with Crippen LogP contribution in [0.15, 0.2) is 41.7 Å². The van der Waals surface area contributed by atoms with Crippen molar-refractivity contribution in [3.63, 3.8) is 0 Å². The Morgan fingerprint density at radius 3 is 2.74 bits per heavy atom. The number of benzene rings is 2. The first-order valence-corrected chi connectivity index (χ1v) is 13.2. The lowest BCUT2D eigenvalue weighted by molar-refractivity contribution is -0.126. The molecule has 3 aromatic rings. The molecule has 1 aromatic heterocycles. The first-order chi connectivity index (χ1) is 16.7. The van der Waals surface area contributed by atoms with Crippen molar-refractivity contribution in [3.8, 4) is 11.1 Å². The fourth-order valence-corrected chi connectivity index (χ4v) is 7.18. The summed E-state index contributed by atoms with van der Waals surface area (Å²) in [5.74, 6) is -1.28. The van der Waals surface area contributed by atoms with Gasteiger partial charge in [-0.25, -0.2) is 13.6 Å². The number of amides is 1. The Labute approximate surface area is 206 Å². The summed E-state index contributed by atoms with van der Waals surface area (Å²) in [5, 5.41) is 1.17. The predicted octanol–water partition coefficient (Wildman–Crippen LogP) is 2.42. The summed E-state index contributed by atoms with van der Waals surface area (Å²) in [4.78, 5) is 44.3. The van der Waals surface area contributed by atoms with Crippen LogP contribution in [-0.4, -0.2) is 59.9 Å². The Kier molecular flexibility index (Phi) is 5.98. The molecular formula is C24H22ClF2N4O3Si. The molecule has 1 fully saturated rings. The van der Waals surface area contributed by atoms with Gasteiger partial charge in [0.25, 0.3) is 0 Å². The third-order valence-corrected chi connectivity index (χ3v) is 8.70. The molecule has 1 radical (unpaired) electrons. The molecule has 5 rings (SSSR count). The van der Waals surface area contributed by atoms with Gasteiger partial charge in [-0.1, -0.05) is 18.2 Å². The molecule has 1 atom stereocenters. The summed E-state index contributed by atoms with van der Waals surface area (Å²) < 4.78 is 29.9. The SMILES string of the molecule is C=CC(=O)N1CCN(c2nc(=O)n3c4c(c(-c5ccc(F)cc5F)c(Cl)cc24)[Si](O)CC3)[C@@H](C)C1. The topological polar surface area (TPSA) is 78.7 Å². The molecule has 0 saturated carbocycles. The molecule has 1 N–H and O–H groups in total. The Morgan fingerprint density at radius 1 is 1.29 bits per heavy atom. The molecule has 2 aliphatic heterocycles. The van der Waals surface area contributed by atoms with Gasteiger partial charge in [-0.15, -0.1) is 0 Å². The zero-order chi connectivity index (χ0) is 25.0. The minimum absolute atomic E-state index is 0.0639. The number of carbonyl (C=O) groups excluding carboxylic acids is 1. The fourth-order valence-electron chi connectivity index (χ4n) is 5.00. The van der Waals surface area contributed by atoms with Gasteiger partial charge in [0.05, 0.1) is 5.52 Å². The molecule has 0 unspecified atom stereocenters. The van der Waals surface area contributed by atoms with Crippen molar-refractivity contribution in [2.75, 3.05) is 24.5 Å². The second kappa shape index (κ2) is 8.85. The second-order valence-electron chi connectivity index (χ2n) is 8.73. The van der Waals surface area contributed by atoms with Crippen molar-refractivity contribution < 1.29 is 18.4 Å². The largest absolute Gasteiger partial charge is 0.427 e. The van der Waals surface area contributed by atoms with Crippen molar-refractivity contribution in [1.29, 1.82) is 0 Å². The molecule has 3 heterocycles. The van der Waals surface area contributed by atoms with E-state index in [0.717, 1.165) is 12.1 Å². The first-order valence-electron chi connectivity index (χ1n) is 11.2. The van der Waals surface area contributed by atoms with Crippen LogP contribution in [0.2, 0.25) is 11.1 Å². The monoisotopic (exact) mass is 515 g/mol. The number of rotatable bonds is 3. The Balaban J connectivity index is 1.74. The van der Waals surface area contributed by atoms with Crippen LogP contribution in [0.5, 0.6) is 0 Å². The van der Waals surface area contributed by atoms with E-state index in [2.05, 4.69) is 11.6 Å². The molecule has 181 valence electrons. The highest BCUT2D eigenvalue weighted by Crippen LogP contribution is 2.37. The molecule has 1 amide bonds. The van der Waals surface area contributed by atoms with Crippen LogP contribution in [0, 0.1) is 11.6 Å². The van der Waals surface area contributed by atoms with Crippen LogP contribution >= 0.6 is 11.6 Å². The quantitative estimate of drug-likeness (QED) is 0.428. The second-order valence-corrected chi connectivity index (χ2v) is 11.0. The Bertz CT molecular complexity index is 1450. The molecule has 0 spiro atoms. The Hall–Kier alpha value is -3.08. The van der Waals surface area contributed by atoms with Gasteiger partial charge in [-0.2, -0.15) is 4.98 Å². The van der Waals surface area contributed by atoms with Crippen LogP contribution in [0.25, 0.3) is 22.0 Å². The third-order valence-electron chi connectivity index (χ3n) is 6.64. The lowest BCUT2D eigenvalue weighted by atomic mass is 10.0. The molecule has 2 aliphatic rings. The van der Waals surface area contributed by atoms with Crippen molar-refractivity contribution >= 4 is 48.5 Å². The highest BCUT2D eigenvalue weighted by molar-refractivity contribution is 6.71. The van der Waals surface area contributed by atoms with Gasteiger partial charge >= 0.3 is 5.69 Å². The fraction of sp³-hybridized carbons (Fsp3) is 0.292. The zero-order valence-electron chi connectivity index (χ0n) is 18.9. The number of anilines is 1. The molecule has 1 saturated heterocycles. The highest BCUT2D eigenvalue weighted by atomic mass is 35.5. The van der Waals surface area contributed by atoms with E-state index in [9.17, 15) is 23.2 Å².